The fourth-order valence-corrected chi connectivity index (χ4v) is 2.75. The number of benzene rings is 1. The smallest absolute Gasteiger partial charge is 0.251 e. The van der Waals surface area contributed by atoms with Crippen LogP contribution < -0.4 is 5.32 Å². The lowest BCUT2D eigenvalue weighted by Crippen LogP contribution is -2.54. The molecule has 0 aromatic heterocycles. The van der Waals surface area contributed by atoms with E-state index in [1.54, 1.807) is 4.90 Å². The Morgan fingerprint density at radius 2 is 1.84 bits per heavy atom. The first kappa shape index (κ1) is 19.1. The van der Waals surface area contributed by atoms with Crippen molar-refractivity contribution in [1.82, 2.24) is 15.1 Å². The van der Waals surface area contributed by atoms with Crippen molar-refractivity contribution < 1.29 is 18.8 Å². The fraction of sp³-hybridized carbons (Fsp3) is 0.500. The molecule has 1 aromatic rings. The van der Waals surface area contributed by atoms with Crippen LogP contribution in [0, 0.1) is 5.82 Å². The molecule has 0 aliphatic carbocycles. The van der Waals surface area contributed by atoms with Gasteiger partial charge in [0.05, 0.1) is 0 Å². The van der Waals surface area contributed by atoms with E-state index < -0.39 is 17.8 Å². The van der Waals surface area contributed by atoms with Gasteiger partial charge in [0, 0.05) is 38.2 Å². The van der Waals surface area contributed by atoms with Gasteiger partial charge in [-0.1, -0.05) is 0 Å². The van der Waals surface area contributed by atoms with Crippen LogP contribution >= 0.6 is 0 Å². The topological polar surface area (TPSA) is 69.7 Å². The summed E-state index contributed by atoms with van der Waals surface area (Å²) in [7, 11) is 2.00. The first-order valence-corrected chi connectivity index (χ1v) is 8.48. The van der Waals surface area contributed by atoms with Crippen molar-refractivity contribution in [3.8, 4) is 0 Å². The molecule has 1 fully saturated rings. The number of nitrogens with zero attached hydrogens (tertiary/aromatic N) is 2. The summed E-state index contributed by atoms with van der Waals surface area (Å²) >= 11 is 0. The molecule has 7 heteroatoms. The SMILES string of the molecule is CN1CCN(C(=O)C(CCCC=O)NC(=O)c2ccc(F)cc2)CC1. The van der Waals surface area contributed by atoms with Gasteiger partial charge in [-0.25, -0.2) is 4.39 Å². The third kappa shape index (κ3) is 5.63. The molecule has 25 heavy (non-hydrogen) atoms. The maximum absolute atomic E-state index is 13.0. The summed E-state index contributed by atoms with van der Waals surface area (Å²) < 4.78 is 13.0. The first-order chi connectivity index (χ1) is 12.0. The standard InChI is InChI=1S/C18H24FN3O3/c1-21-9-11-22(12-10-21)18(25)16(4-2-3-13-23)20-17(24)14-5-7-15(19)8-6-14/h5-8,13,16H,2-4,9-12H2,1H3,(H,20,24). The van der Waals surface area contributed by atoms with Crippen molar-refractivity contribution in [2.45, 2.75) is 25.3 Å². The number of amides is 2. The van der Waals surface area contributed by atoms with E-state index in [0.717, 1.165) is 19.4 Å². The predicted molar refractivity (Wildman–Crippen MR) is 91.6 cm³/mol. The number of aldehydes is 1. The Bertz CT molecular complexity index is 598. The number of nitrogens with one attached hydrogen (secondary N) is 1. The zero-order valence-electron chi connectivity index (χ0n) is 14.4. The van der Waals surface area contributed by atoms with Crippen LogP contribution in [0.15, 0.2) is 24.3 Å². The zero-order chi connectivity index (χ0) is 18.2. The van der Waals surface area contributed by atoms with E-state index in [1.165, 1.54) is 24.3 Å². The Morgan fingerprint density at radius 1 is 1.20 bits per heavy atom. The molecule has 0 saturated carbocycles. The van der Waals surface area contributed by atoms with Gasteiger partial charge >= 0.3 is 0 Å². The molecule has 1 aliphatic rings. The summed E-state index contributed by atoms with van der Waals surface area (Å²) in [5.74, 6) is -0.972. The van der Waals surface area contributed by atoms with Gasteiger partial charge in [-0.2, -0.15) is 0 Å². The van der Waals surface area contributed by atoms with Crippen LogP contribution in [0.5, 0.6) is 0 Å². The summed E-state index contributed by atoms with van der Waals surface area (Å²) in [5.41, 5.74) is 0.299. The number of piperazine rings is 1. The molecule has 136 valence electrons. The van der Waals surface area contributed by atoms with Gasteiger partial charge in [-0.15, -0.1) is 0 Å². The number of halogens is 1. The predicted octanol–water partition coefficient (Wildman–Crippen LogP) is 1.07. The van der Waals surface area contributed by atoms with Crippen molar-refractivity contribution in [1.29, 1.82) is 0 Å². The molecule has 0 radical (unpaired) electrons. The van der Waals surface area contributed by atoms with Crippen LogP contribution in [-0.2, 0) is 9.59 Å². The quantitative estimate of drug-likeness (QED) is 0.590. The van der Waals surface area contributed by atoms with Crippen molar-refractivity contribution in [3.63, 3.8) is 0 Å². The van der Waals surface area contributed by atoms with Crippen molar-refractivity contribution in [2.24, 2.45) is 0 Å². The van der Waals surface area contributed by atoms with Gasteiger partial charge in [0.1, 0.15) is 18.1 Å². The highest BCUT2D eigenvalue weighted by molar-refractivity contribution is 5.97. The highest BCUT2D eigenvalue weighted by Gasteiger charge is 2.27. The van der Waals surface area contributed by atoms with Crippen LogP contribution in [0.3, 0.4) is 0 Å². The first-order valence-electron chi connectivity index (χ1n) is 8.48. The molecule has 1 heterocycles. The Balaban J connectivity index is 2.03. The number of carbonyl (C=O) groups excluding carboxylic acids is 3. The van der Waals surface area contributed by atoms with E-state index >= 15 is 0 Å². The van der Waals surface area contributed by atoms with Gasteiger partial charge in [0.2, 0.25) is 5.91 Å². The van der Waals surface area contributed by atoms with E-state index in [-0.39, 0.29) is 5.91 Å². The van der Waals surface area contributed by atoms with Crippen LogP contribution in [-0.4, -0.2) is 67.2 Å². The van der Waals surface area contributed by atoms with Gasteiger partial charge in [0.15, 0.2) is 0 Å². The number of rotatable bonds is 7. The molecule has 1 N–H and O–H groups in total. The molecular weight excluding hydrogens is 325 g/mol. The summed E-state index contributed by atoms with van der Waals surface area (Å²) in [6.45, 7) is 2.81. The number of carbonyl (C=O) groups is 3. The second-order valence-corrected chi connectivity index (χ2v) is 6.26. The lowest BCUT2D eigenvalue weighted by molar-refractivity contribution is -0.135. The summed E-state index contributed by atoms with van der Waals surface area (Å²) in [6.07, 6.45) is 2.08. The van der Waals surface area contributed by atoms with Gasteiger partial charge in [-0.05, 0) is 44.2 Å². The van der Waals surface area contributed by atoms with Crippen LogP contribution in [0.2, 0.25) is 0 Å². The van der Waals surface area contributed by atoms with Crippen molar-refractivity contribution in [3.05, 3.63) is 35.6 Å². The number of hydrogen-bond donors (Lipinski definition) is 1. The largest absolute Gasteiger partial charge is 0.340 e. The molecular formula is C18H24FN3O3. The number of unbranched alkanes of at least 4 members (excludes halogenated alkanes) is 1. The van der Waals surface area contributed by atoms with E-state index in [9.17, 15) is 18.8 Å². The minimum absolute atomic E-state index is 0.130. The van der Waals surface area contributed by atoms with E-state index in [4.69, 9.17) is 0 Å². The molecule has 1 aromatic carbocycles. The van der Waals surface area contributed by atoms with Gasteiger partial charge in [0.25, 0.3) is 5.91 Å². The Morgan fingerprint density at radius 3 is 2.44 bits per heavy atom. The third-order valence-electron chi connectivity index (χ3n) is 4.34. The van der Waals surface area contributed by atoms with Gasteiger partial charge < -0.3 is 19.9 Å². The van der Waals surface area contributed by atoms with Crippen LogP contribution in [0.1, 0.15) is 29.6 Å². The molecule has 2 amide bonds. The normalized spacial score (nSPS) is 16.3. The minimum atomic E-state index is -0.680. The number of likely N-dealkylation sites (N-methyl/N-ethyl adjacent to an activating group) is 1. The van der Waals surface area contributed by atoms with Crippen molar-refractivity contribution in [2.75, 3.05) is 33.2 Å². The van der Waals surface area contributed by atoms with Crippen molar-refractivity contribution >= 4 is 18.1 Å². The highest BCUT2D eigenvalue weighted by atomic mass is 19.1. The van der Waals surface area contributed by atoms with Crippen LogP contribution in [0.4, 0.5) is 4.39 Å². The van der Waals surface area contributed by atoms with E-state index in [2.05, 4.69) is 10.2 Å². The lowest BCUT2D eigenvalue weighted by atomic mass is 10.1. The minimum Gasteiger partial charge on any atom is -0.340 e. The Hall–Kier alpha value is -2.28. The van der Waals surface area contributed by atoms with E-state index in [0.29, 0.717) is 37.9 Å². The molecule has 0 bridgehead atoms. The highest BCUT2D eigenvalue weighted by Crippen LogP contribution is 2.10. The van der Waals surface area contributed by atoms with Crippen LogP contribution in [0.25, 0.3) is 0 Å². The molecule has 1 unspecified atom stereocenters. The monoisotopic (exact) mass is 349 g/mol. The second-order valence-electron chi connectivity index (χ2n) is 6.26. The Kier molecular flexibility index (Phi) is 7.06. The summed E-state index contributed by atoms with van der Waals surface area (Å²) in [4.78, 5) is 39.6. The molecule has 1 atom stereocenters. The number of hydrogen-bond acceptors (Lipinski definition) is 4. The molecule has 2 rings (SSSR count). The summed E-state index contributed by atoms with van der Waals surface area (Å²) in [5, 5.41) is 2.74. The van der Waals surface area contributed by atoms with Gasteiger partial charge in [-0.3, -0.25) is 9.59 Å². The molecule has 1 aliphatic heterocycles. The van der Waals surface area contributed by atoms with E-state index in [1.807, 2.05) is 7.05 Å². The second kappa shape index (κ2) is 9.27. The average molecular weight is 349 g/mol. The fourth-order valence-electron chi connectivity index (χ4n) is 2.75. The maximum Gasteiger partial charge on any atom is 0.251 e. The summed E-state index contributed by atoms with van der Waals surface area (Å²) in [6, 6.07) is 4.50. The average Bonchev–Trinajstić information content (AvgIpc) is 2.61. The lowest BCUT2D eigenvalue weighted by Gasteiger charge is -2.34. The zero-order valence-corrected chi connectivity index (χ0v) is 14.4. The maximum atomic E-state index is 13.0. The molecule has 6 nitrogen and oxygen atoms in total. The molecule has 0 spiro atoms. The molecule has 1 saturated heterocycles. The Labute approximate surface area is 147 Å². The third-order valence-corrected chi connectivity index (χ3v) is 4.34.